The number of amides is 1. The van der Waals surface area contributed by atoms with Gasteiger partial charge in [0.25, 0.3) is 10.0 Å². The maximum absolute atomic E-state index is 14.3. The molecule has 8 nitrogen and oxygen atoms in total. The summed E-state index contributed by atoms with van der Waals surface area (Å²) in [6, 6.07) is 24.4. The number of benzene rings is 3. The fourth-order valence-electron chi connectivity index (χ4n) is 5.33. The van der Waals surface area contributed by atoms with E-state index in [1.165, 1.54) is 39.6 Å². The summed E-state index contributed by atoms with van der Waals surface area (Å²) in [5.74, 6) is -1.30. The van der Waals surface area contributed by atoms with Gasteiger partial charge in [-0.25, -0.2) is 20.8 Å². The van der Waals surface area contributed by atoms with Gasteiger partial charge in [-0.15, -0.1) is 11.3 Å². The molecule has 2 unspecified atom stereocenters. The molecule has 2 aromatic heterocycles. The number of nitriles is 1. The van der Waals surface area contributed by atoms with Gasteiger partial charge in [0.1, 0.15) is 10.9 Å². The second-order valence-electron chi connectivity index (χ2n) is 10.1. The highest BCUT2D eigenvalue weighted by molar-refractivity contribution is 7.90. The monoisotopic (exact) mass is 635 g/mol. The number of aromatic nitrogens is 1. The number of nitrogens with one attached hydrogen (secondary N) is 1. The minimum Gasteiger partial charge on any atom is -0.274 e. The number of hydrogen-bond acceptors (Lipinski definition) is 7. The normalized spacial score (nSPS) is 16.7. The van der Waals surface area contributed by atoms with Crippen LogP contribution in [0.3, 0.4) is 0 Å². The third kappa shape index (κ3) is 5.01. The summed E-state index contributed by atoms with van der Waals surface area (Å²) < 4.78 is 55.2. The minimum absolute atomic E-state index is 0.0436. The lowest BCUT2D eigenvalue weighted by molar-refractivity contribution is -0.120. The maximum Gasteiger partial charge on any atom is 0.268 e. The minimum atomic E-state index is -4.17. The van der Waals surface area contributed by atoms with Crippen LogP contribution < -0.4 is 4.72 Å². The third-order valence-corrected chi connectivity index (χ3v) is 10.6. The summed E-state index contributed by atoms with van der Waals surface area (Å²) in [6.45, 7) is 0. The van der Waals surface area contributed by atoms with Crippen LogP contribution in [0.4, 0.5) is 0 Å². The lowest BCUT2D eigenvalue weighted by Gasteiger charge is -2.15. The van der Waals surface area contributed by atoms with Crippen LogP contribution in [-0.2, 0) is 24.8 Å². The molecule has 3 aromatic carbocycles. The van der Waals surface area contributed by atoms with Crippen LogP contribution in [0, 0.1) is 17.2 Å². The van der Waals surface area contributed by atoms with Gasteiger partial charge in [0.05, 0.1) is 22.4 Å². The molecule has 212 valence electrons. The first-order chi connectivity index (χ1) is 20.0. The standard InChI is InChI=1S/C30H22ClN3O5S3/c1-41(36,37)33-30(35)25-16-24(25)18-5-4-6-19(15-18)29-28(23-13-14-40-27(23)17-32)22-7-2-3-8-26(22)34(29)42(38,39)21-11-9-20(31)10-12-21/h2-15,24-25H,16H2,1H3,(H,33,35). The second kappa shape index (κ2) is 10.4. The van der Waals surface area contributed by atoms with E-state index in [1.807, 2.05) is 35.1 Å². The summed E-state index contributed by atoms with van der Waals surface area (Å²) in [4.78, 5) is 13.0. The van der Waals surface area contributed by atoms with Crippen LogP contribution in [-0.4, -0.2) is 33.0 Å². The van der Waals surface area contributed by atoms with Gasteiger partial charge >= 0.3 is 0 Å². The van der Waals surface area contributed by atoms with Crippen molar-refractivity contribution < 1.29 is 21.6 Å². The number of thiophene rings is 1. The quantitative estimate of drug-likeness (QED) is 0.235. The number of halogens is 1. The Morgan fingerprint density at radius 2 is 1.76 bits per heavy atom. The van der Waals surface area contributed by atoms with Crippen molar-refractivity contribution in [2.75, 3.05) is 6.26 Å². The molecule has 1 aliphatic rings. The maximum atomic E-state index is 14.3. The van der Waals surface area contributed by atoms with Crippen molar-refractivity contribution in [3.63, 3.8) is 0 Å². The Morgan fingerprint density at radius 3 is 2.48 bits per heavy atom. The van der Waals surface area contributed by atoms with Gasteiger partial charge in [-0.1, -0.05) is 48.0 Å². The highest BCUT2D eigenvalue weighted by Gasteiger charge is 2.45. The van der Waals surface area contributed by atoms with Crippen molar-refractivity contribution in [3.05, 3.63) is 99.7 Å². The number of carbonyl (C=O) groups excluding carboxylic acids is 1. The molecule has 2 atom stereocenters. The van der Waals surface area contributed by atoms with Gasteiger partial charge in [0, 0.05) is 33.0 Å². The van der Waals surface area contributed by atoms with E-state index in [4.69, 9.17) is 11.6 Å². The molecule has 6 rings (SSSR count). The van der Waals surface area contributed by atoms with E-state index in [-0.39, 0.29) is 10.8 Å². The zero-order valence-electron chi connectivity index (χ0n) is 22.0. The van der Waals surface area contributed by atoms with Crippen LogP contribution in [0.15, 0.2) is 89.1 Å². The largest absolute Gasteiger partial charge is 0.274 e. The number of fused-ring (bicyclic) bond motifs is 1. The van der Waals surface area contributed by atoms with Crippen LogP contribution in [0.5, 0.6) is 0 Å². The van der Waals surface area contributed by atoms with Crippen LogP contribution in [0.2, 0.25) is 5.02 Å². The fourth-order valence-corrected chi connectivity index (χ4v) is 8.21. The van der Waals surface area contributed by atoms with Gasteiger partial charge in [-0.2, -0.15) is 5.26 Å². The van der Waals surface area contributed by atoms with Gasteiger partial charge in [0.2, 0.25) is 15.9 Å². The topological polar surface area (TPSA) is 126 Å². The molecule has 1 aliphatic carbocycles. The first-order valence-electron chi connectivity index (χ1n) is 12.7. The zero-order valence-corrected chi connectivity index (χ0v) is 25.2. The lowest BCUT2D eigenvalue weighted by atomic mass is 9.97. The third-order valence-electron chi connectivity index (χ3n) is 7.22. The van der Waals surface area contributed by atoms with Gasteiger partial charge in [0.15, 0.2) is 0 Å². The Morgan fingerprint density at radius 1 is 1.02 bits per heavy atom. The van der Waals surface area contributed by atoms with Crippen LogP contribution in [0.1, 0.15) is 22.8 Å². The average Bonchev–Trinajstić information content (AvgIpc) is 3.49. The molecule has 2 heterocycles. The predicted molar refractivity (Wildman–Crippen MR) is 163 cm³/mol. The number of rotatable bonds is 7. The molecule has 5 aromatic rings. The molecule has 0 saturated heterocycles. The Hall–Kier alpha value is -3.95. The van der Waals surface area contributed by atoms with Crippen LogP contribution >= 0.6 is 22.9 Å². The molecule has 12 heteroatoms. The SMILES string of the molecule is CS(=O)(=O)NC(=O)C1CC1c1cccc(-c2c(-c3ccsc3C#N)c3ccccc3n2S(=O)(=O)c2ccc(Cl)cc2)c1. The van der Waals surface area contributed by atoms with Crippen LogP contribution in [0.25, 0.3) is 33.3 Å². The number of para-hydroxylation sites is 1. The summed E-state index contributed by atoms with van der Waals surface area (Å²) in [6.07, 6.45) is 1.40. The van der Waals surface area contributed by atoms with Crippen molar-refractivity contribution in [1.29, 1.82) is 5.26 Å². The van der Waals surface area contributed by atoms with Crippen molar-refractivity contribution in [2.24, 2.45) is 5.92 Å². The average molecular weight is 636 g/mol. The van der Waals surface area contributed by atoms with Gasteiger partial charge < -0.3 is 0 Å². The van der Waals surface area contributed by atoms with E-state index in [1.54, 1.807) is 29.6 Å². The molecule has 1 fully saturated rings. The number of carbonyl (C=O) groups is 1. The molecule has 1 amide bonds. The smallest absolute Gasteiger partial charge is 0.268 e. The Labute approximate surface area is 251 Å². The number of nitrogens with zero attached hydrogens (tertiary/aromatic N) is 2. The van der Waals surface area contributed by atoms with Gasteiger partial charge in [-0.05, 0) is 65.7 Å². The van der Waals surface area contributed by atoms with E-state index in [9.17, 15) is 26.9 Å². The number of hydrogen-bond donors (Lipinski definition) is 1. The van der Waals surface area contributed by atoms with E-state index in [0.717, 1.165) is 11.8 Å². The van der Waals surface area contributed by atoms with Crippen molar-refractivity contribution in [1.82, 2.24) is 8.69 Å². The van der Waals surface area contributed by atoms with E-state index < -0.39 is 31.9 Å². The molecule has 42 heavy (non-hydrogen) atoms. The Kier molecular flexibility index (Phi) is 6.98. The zero-order chi connectivity index (χ0) is 29.8. The predicted octanol–water partition coefficient (Wildman–Crippen LogP) is 5.98. The first-order valence-corrected chi connectivity index (χ1v) is 17.3. The molecule has 0 radical (unpaired) electrons. The molecular formula is C30H22ClN3O5S3. The summed E-state index contributed by atoms with van der Waals surface area (Å²) >= 11 is 7.33. The molecule has 1 N–H and O–H groups in total. The van der Waals surface area contributed by atoms with E-state index in [0.29, 0.717) is 49.6 Å². The molecular weight excluding hydrogens is 614 g/mol. The van der Waals surface area contributed by atoms with Crippen molar-refractivity contribution in [2.45, 2.75) is 17.2 Å². The molecule has 0 bridgehead atoms. The summed E-state index contributed by atoms with van der Waals surface area (Å²) in [5.41, 5.74) is 3.37. The summed E-state index contributed by atoms with van der Waals surface area (Å²) in [7, 11) is -7.86. The molecule has 1 saturated carbocycles. The Bertz CT molecular complexity index is 2140. The second-order valence-corrected chi connectivity index (χ2v) is 14.9. The summed E-state index contributed by atoms with van der Waals surface area (Å²) in [5, 5.41) is 12.8. The molecule has 0 aliphatic heterocycles. The Balaban J connectivity index is 1.60. The van der Waals surface area contributed by atoms with E-state index in [2.05, 4.69) is 6.07 Å². The number of sulfonamides is 1. The van der Waals surface area contributed by atoms with Crippen molar-refractivity contribution in [3.8, 4) is 28.5 Å². The first kappa shape index (κ1) is 28.2. The van der Waals surface area contributed by atoms with Crippen molar-refractivity contribution >= 4 is 59.8 Å². The lowest BCUT2D eigenvalue weighted by Crippen LogP contribution is -2.30. The fraction of sp³-hybridized carbons (Fsp3) is 0.133. The highest BCUT2D eigenvalue weighted by atomic mass is 35.5. The molecule has 0 spiro atoms. The van der Waals surface area contributed by atoms with Gasteiger partial charge in [-0.3, -0.25) is 9.52 Å². The van der Waals surface area contributed by atoms with E-state index >= 15 is 0 Å². The highest BCUT2D eigenvalue weighted by Crippen LogP contribution is 2.50.